The number of rotatable bonds is 2. The number of hydrogen-bond donors (Lipinski definition) is 1. The van der Waals surface area contributed by atoms with Gasteiger partial charge in [0, 0.05) is 0 Å². The Labute approximate surface area is 74.9 Å². The summed E-state index contributed by atoms with van der Waals surface area (Å²) in [6, 6.07) is 0. The van der Waals surface area contributed by atoms with Crippen molar-refractivity contribution >= 4 is 49.5 Å². The topological polar surface area (TPSA) is 54.4 Å². The van der Waals surface area contributed by atoms with E-state index in [9.17, 15) is 14.0 Å². The number of Topliss-reactive ketones (excluding diaryl/α,β-unsaturated/α-hetero) is 1. The van der Waals surface area contributed by atoms with Crippen LogP contribution in [-0.4, -0.2) is 61.3 Å². The van der Waals surface area contributed by atoms with Crippen LogP contribution < -0.4 is 0 Å². The molecule has 0 unspecified atom stereocenters. The van der Waals surface area contributed by atoms with E-state index >= 15 is 0 Å². The number of alkyl halides is 1. The summed E-state index contributed by atoms with van der Waals surface area (Å²) in [5, 5.41) is 7.59. The van der Waals surface area contributed by atoms with Gasteiger partial charge >= 0.3 is 43.7 Å². The molecule has 0 spiro atoms. The Hall–Kier alpha value is 0.330. The molecule has 0 saturated heterocycles. The Morgan fingerprint density at radius 2 is 1.88 bits per heavy atom. The van der Waals surface area contributed by atoms with E-state index in [0.717, 1.165) is 0 Å². The summed E-state index contributed by atoms with van der Waals surface area (Å²) in [6.07, 6.45) is 0. The average molecular weight is 148 g/mol. The number of aliphatic carboxylic acids is 1. The summed E-state index contributed by atoms with van der Waals surface area (Å²) in [4.78, 5) is 18.9. The van der Waals surface area contributed by atoms with Crippen LogP contribution in [0.2, 0.25) is 0 Å². The predicted octanol–water partition coefficient (Wildman–Crippen LogP) is -1.31. The normalized spacial score (nSPS) is 7.12. The zero-order valence-corrected chi connectivity index (χ0v) is 3.35. The van der Waals surface area contributed by atoms with Crippen molar-refractivity contribution in [1.29, 1.82) is 0 Å². The first-order chi connectivity index (χ1) is 3.18. The van der Waals surface area contributed by atoms with Crippen LogP contribution in [0.3, 0.4) is 0 Å². The molecule has 3 nitrogen and oxygen atoms in total. The van der Waals surface area contributed by atoms with Gasteiger partial charge in [0.25, 0.3) is 5.78 Å². The Kier molecular flexibility index (Phi) is 7.63. The number of carbonyl (C=O) groups excluding carboxylic acids is 1. The summed E-state index contributed by atoms with van der Waals surface area (Å²) in [5.41, 5.74) is 0. The van der Waals surface area contributed by atoms with E-state index < -0.39 is 18.4 Å². The summed E-state index contributed by atoms with van der Waals surface area (Å²) in [6.45, 7) is -1.42. The summed E-state index contributed by atoms with van der Waals surface area (Å²) in [7, 11) is 0. The van der Waals surface area contributed by atoms with Crippen molar-refractivity contribution in [2.45, 2.75) is 0 Å². The molecular formula is C3H5CaFO3. The van der Waals surface area contributed by atoms with Gasteiger partial charge in [0.15, 0.2) is 6.67 Å². The first-order valence-electron chi connectivity index (χ1n) is 1.50. The maximum absolute atomic E-state index is 10.9. The molecule has 8 heavy (non-hydrogen) atoms. The summed E-state index contributed by atoms with van der Waals surface area (Å²) in [5.74, 6) is -3.12. The van der Waals surface area contributed by atoms with Crippen molar-refractivity contribution < 1.29 is 19.1 Å². The molecule has 0 aromatic carbocycles. The molecule has 0 heterocycles. The fourth-order valence-electron chi connectivity index (χ4n) is 0.0572. The number of carboxylic acids is 1. The van der Waals surface area contributed by atoms with E-state index in [4.69, 9.17) is 5.11 Å². The van der Waals surface area contributed by atoms with Crippen LogP contribution in [-0.2, 0) is 9.59 Å². The van der Waals surface area contributed by atoms with Gasteiger partial charge in [-0.25, -0.2) is 9.18 Å². The zero-order chi connectivity index (χ0) is 5.86. The first kappa shape index (κ1) is 11.2. The number of halogens is 1. The van der Waals surface area contributed by atoms with Gasteiger partial charge in [0.2, 0.25) is 0 Å². The van der Waals surface area contributed by atoms with Gasteiger partial charge in [-0.2, -0.15) is 0 Å². The molecule has 0 amide bonds. The zero-order valence-electron chi connectivity index (χ0n) is 3.35. The van der Waals surface area contributed by atoms with Gasteiger partial charge in [0.1, 0.15) is 0 Å². The molecule has 0 rings (SSSR count). The third-order valence-corrected chi connectivity index (χ3v) is 0.360. The second kappa shape index (κ2) is 5.47. The predicted molar refractivity (Wildman–Crippen MR) is 27.2 cm³/mol. The molecule has 0 aromatic heterocycles. The van der Waals surface area contributed by atoms with Gasteiger partial charge in [-0.15, -0.1) is 0 Å². The van der Waals surface area contributed by atoms with Crippen molar-refractivity contribution in [1.82, 2.24) is 0 Å². The standard InChI is InChI=1S/C3H3FO3.Ca.2H/c4-1-2(5)3(6)7;;;/h1H2,(H,6,7);;;. The van der Waals surface area contributed by atoms with E-state index in [-0.39, 0.29) is 37.7 Å². The van der Waals surface area contributed by atoms with E-state index in [0.29, 0.717) is 0 Å². The SMILES string of the molecule is O=C(O)C(=O)CF.[CaH2]. The second-order valence-electron chi connectivity index (χ2n) is 0.862. The Balaban J connectivity index is 0. The van der Waals surface area contributed by atoms with E-state index in [1.807, 2.05) is 0 Å². The molecule has 0 aliphatic heterocycles. The van der Waals surface area contributed by atoms with Crippen LogP contribution in [0.15, 0.2) is 0 Å². The average Bonchev–Trinajstić information content (AvgIpc) is 1.65. The number of carboxylic acid groups (broad SMARTS) is 1. The minimum atomic E-state index is -1.72. The van der Waals surface area contributed by atoms with Crippen LogP contribution in [0.1, 0.15) is 0 Å². The summed E-state index contributed by atoms with van der Waals surface area (Å²) < 4.78 is 10.9. The van der Waals surface area contributed by atoms with Gasteiger partial charge in [-0.05, 0) is 0 Å². The monoisotopic (exact) mass is 148 g/mol. The second-order valence-corrected chi connectivity index (χ2v) is 0.862. The maximum atomic E-state index is 10.9. The molecule has 5 heteroatoms. The number of hydrogen-bond acceptors (Lipinski definition) is 2. The van der Waals surface area contributed by atoms with Crippen molar-refractivity contribution in [3.63, 3.8) is 0 Å². The van der Waals surface area contributed by atoms with Crippen molar-refractivity contribution in [3.8, 4) is 0 Å². The Bertz CT molecular complexity index is 103. The van der Waals surface area contributed by atoms with Gasteiger partial charge < -0.3 is 5.11 Å². The van der Waals surface area contributed by atoms with Crippen LogP contribution in [0.5, 0.6) is 0 Å². The third kappa shape index (κ3) is 4.49. The van der Waals surface area contributed by atoms with Gasteiger partial charge in [-0.1, -0.05) is 0 Å². The molecule has 0 fully saturated rings. The molecule has 1 N–H and O–H groups in total. The molecule has 0 aromatic rings. The molecule has 0 atom stereocenters. The number of ketones is 1. The fraction of sp³-hybridized carbons (Fsp3) is 0.333. The van der Waals surface area contributed by atoms with E-state index in [2.05, 4.69) is 0 Å². The molecule has 0 bridgehead atoms. The van der Waals surface area contributed by atoms with Crippen LogP contribution in [0.25, 0.3) is 0 Å². The van der Waals surface area contributed by atoms with Crippen molar-refractivity contribution in [2.24, 2.45) is 0 Å². The van der Waals surface area contributed by atoms with E-state index in [1.54, 1.807) is 0 Å². The number of carbonyl (C=O) groups is 2. The molecule has 44 valence electrons. The van der Waals surface area contributed by atoms with Gasteiger partial charge in [-0.3, -0.25) is 4.79 Å². The third-order valence-electron chi connectivity index (χ3n) is 0.360. The quantitative estimate of drug-likeness (QED) is 0.391. The minimum absolute atomic E-state index is 0. The van der Waals surface area contributed by atoms with Crippen LogP contribution >= 0.6 is 0 Å². The summed E-state index contributed by atoms with van der Waals surface area (Å²) >= 11 is 0. The van der Waals surface area contributed by atoms with Crippen molar-refractivity contribution in [3.05, 3.63) is 0 Å². The molecule has 0 aliphatic rings. The first-order valence-corrected chi connectivity index (χ1v) is 1.50. The fourth-order valence-corrected chi connectivity index (χ4v) is 0.0572. The molecular weight excluding hydrogens is 143 g/mol. The van der Waals surface area contributed by atoms with Crippen LogP contribution in [0, 0.1) is 0 Å². The van der Waals surface area contributed by atoms with Crippen LogP contribution in [0.4, 0.5) is 4.39 Å². The Morgan fingerprint density at radius 1 is 1.50 bits per heavy atom. The van der Waals surface area contributed by atoms with E-state index in [1.165, 1.54) is 0 Å². The molecule has 0 radical (unpaired) electrons. The van der Waals surface area contributed by atoms with Crippen molar-refractivity contribution in [2.75, 3.05) is 6.67 Å². The van der Waals surface area contributed by atoms with Gasteiger partial charge in [0.05, 0.1) is 0 Å². The Morgan fingerprint density at radius 3 is 1.88 bits per heavy atom. The molecule has 0 aliphatic carbocycles. The molecule has 0 saturated carbocycles.